The molecule has 1 heterocycles. The maximum atomic E-state index is 14.2. The fraction of sp³-hybridized carbons (Fsp3) is 0.562. The van der Waals surface area contributed by atoms with Crippen molar-refractivity contribution in [2.45, 2.75) is 43.4 Å². The Hall–Kier alpha value is -1.63. The Morgan fingerprint density at radius 1 is 1.30 bits per heavy atom. The first-order chi connectivity index (χ1) is 10.6. The van der Waals surface area contributed by atoms with Gasteiger partial charge in [-0.05, 0) is 44.4 Å². The smallest absolute Gasteiger partial charge is 0.165 e. The van der Waals surface area contributed by atoms with Crippen LogP contribution in [0.4, 0.5) is 10.1 Å². The first-order valence-electron chi connectivity index (χ1n) is 7.71. The van der Waals surface area contributed by atoms with Crippen LogP contribution in [0.5, 0.6) is 0 Å². The molecule has 0 saturated heterocycles. The molecule has 1 aliphatic carbocycles. The number of rotatable bonds is 3. The third kappa shape index (κ3) is 2.60. The molecule has 0 bridgehead atoms. The molecular formula is C16H22FN3O2S. The molecule has 3 rings (SSSR count). The number of hydrogen-bond acceptors (Lipinski definition) is 5. The van der Waals surface area contributed by atoms with Crippen LogP contribution >= 0.6 is 0 Å². The third-order valence-electron chi connectivity index (χ3n) is 5.01. The summed E-state index contributed by atoms with van der Waals surface area (Å²) < 4.78 is 39.0. The van der Waals surface area contributed by atoms with Gasteiger partial charge in [-0.3, -0.25) is 4.99 Å². The van der Waals surface area contributed by atoms with Crippen LogP contribution in [0.2, 0.25) is 0 Å². The van der Waals surface area contributed by atoms with E-state index in [9.17, 15) is 12.8 Å². The normalized spacial score (nSPS) is 33.3. The van der Waals surface area contributed by atoms with Crippen molar-refractivity contribution < 1.29 is 12.8 Å². The number of hydrogen-bond donors (Lipinski definition) is 2. The van der Waals surface area contributed by atoms with E-state index in [1.165, 1.54) is 18.2 Å². The monoisotopic (exact) mass is 339 g/mol. The van der Waals surface area contributed by atoms with Crippen LogP contribution in [-0.2, 0) is 15.4 Å². The Balaban J connectivity index is 2.11. The third-order valence-corrected chi connectivity index (χ3v) is 7.70. The molecular weight excluding hydrogens is 317 g/mol. The van der Waals surface area contributed by atoms with Crippen LogP contribution in [-0.4, -0.2) is 24.8 Å². The predicted molar refractivity (Wildman–Crippen MR) is 89.3 cm³/mol. The van der Waals surface area contributed by atoms with E-state index in [-0.39, 0.29) is 17.2 Å². The highest BCUT2D eigenvalue weighted by Gasteiger charge is 2.53. The van der Waals surface area contributed by atoms with Crippen molar-refractivity contribution in [3.8, 4) is 0 Å². The van der Waals surface area contributed by atoms with Gasteiger partial charge in [0.25, 0.3) is 0 Å². The van der Waals surface area contributed by atoms with E-state index in [4.69, 9.17) is 11.5 Å². The van der Waals surface area contributed by atoms with Gasteiger partial charge in [0.2, 0.25) is 0 Å². The van der Waals surface area contributed by atoms with Gasteiger partial charge in [0, 0.05) is 11.3 Å². The van der Waals surface area contributed by atoms with Crippen LogP contribution in [0, 0.1) is 11.7 Å². The number of aliphatic imine (C=N–C) groups is 1. The minimum absolute atomic E-state index is 0.0694. The highest BCUT2D eigenvalue weighted by molar-refractivity contribution is 7.93. The molecule has 1 fully saturated rings. The van der Waals surface area contributed by atoms with E-state index in [1.807, 2.05) is 0 Å². The van der Waals surface area contributed by atoms with Gasteiger partial charge in [0.05, 0.1) is 5.75 Å². The molecule has 7 heteroatoms. The van der Waals surface area contributed by atoms with Crippen molar-refractivity contribution in [1.82, 2.24) is 0 Å². The van der Waals surface area contributed by atoms with E-state index < -0.39 is 25.9 Å². The Bertz CT molecular complexity index is 789. The molecule has 126 valence electrons. The second-order valence-corrected chi connectivity index (χ2v) is 9.57. The SMILES string of the molecule is CC1(c2cc(N)ccc2F)CS(=O)(=O)C(C)(CC2CC2)C(N)=N1. The summed E-state index contributed by atoms with van der Waals surface area (Å²) in [6, 6.07) is 4.10. The summed E-state index contributed by atoms with van der Waals surface area (Å²) in [5.41, 5.74) is 11.1. The van der Waals surface area contributed by atoms with Crippen molar-refractivity contribution in [2.75, 3.05) is 11.5 Å². The molecule has 1 saturated carbocycles. The highest BCUT2D eigenvalue weighted by atomic mass is 32.2. The summed E-state index contributed by atoms with van der Waals surface area (Å²) in [5, 5.41) is 0. The molecule has 23 heavy (non-hydrogen) atoms. The standard InChI is InChI=1S/C16H22FN3O2S/c1-15(12-7-11(18)5-6-13(12)17)9-23(21,22)16(2,14(19)20-15)8-10-3-4-10/h5-7,10H,3-4,8-9,18H2,1-2H3,(H2,19,20). The van der Waals surface area contributed by atoms with Crippen LogP contribution in [0.3, 0.4) is 0 Å². The lowest BCUT2D eigenvalue weighted by atomic mass is 9.92. The van der Waals surface area contributed by atoms with Gasteiger partial charge >= 0.3 is 0 Å². The minimum Gasteiger partial charge on any atom is -0.399 e. The van der Waals surface area contributed by atoms with Gasteiger partial charge < -0.3 is 11.5 Å². The summed E-state index contributed by atoms with van der Waals surface area (Å²) in [6.07, 6.45) is 2.54. The summed E-state index contributed by atoms with van der Waals surface area (Å²) in [7, 11) is -3.58. The Labute approximate surface area is 135 Å². The number of nitrogens with two attached hydrogens (primary N) is 2. The van der Waals surface area contributed by atoms with Gasteiger partial charge in [-0.1, -0.05) is 12.8 Å². The Morgan fingerprint density at radius 3 is 2.52 bits per heavy atom. The van der Waals surface area contributed by atoms with E-state index >= 15 is 0 Å². The maximum absolute atomic E-state index is 14.2. The molecule has 0 amide bonds. The fourth-order valence-corrected chi connectivity index (χ4v) is 5.44. The average molecular weight is 339 g/mol. The molecule has 2 atom stereocenters. The highest BCUT2D eigenvalue weighted by Crippen LogP contribution is 2.45. The van der Waals surface area contributed by atoms with Gasteiger partial charge in [0.15, 0.2) is 9.84 Å². The zero-order chi connectivity index (χ0) is 17.0. The molecule has 4 N–H and O–H groups in total. The molecule has 1 aromatic rings. The molecule has 2 aliphatic rings. The van der Waals surface area contributed by atoms with Gasteiger partial charge in [-0.15, -0.1) is 0 Å². The van der Waals surface area contributed by atoms with Crippen molar-refractivity contribution in [1.29, 1.82) is 0 Å². The second kappa shape index (κ2) is 4.93. The molecule has 1 aromatic carbocycles. The number of halogens is 1. The number of benzene rings is 1. The van der Waals surface area contributed by atoms with E-state index in [0.29, 0.717) is 18.0 Å². The molecule has 0 aromatic heterocycles. The lowest BCUT2D eigenvalue weighted by Gasteiger charge is -2.40. The average Bonchev–Trinajstić information content (AvgIpc) is 3.22. The predicted octanol–water partition coefficient (Wildman–Crippen LogP) is 1.97. The molecule has 0 radical (unpaired) electrons. The lowest BCUT2D eigenvalue weighted by Crippen LogP contribution is -2.57. The van der Waals surface area contributed by atoms with Crippen molar-refractivity contribution >= 4 is 21.4 Å². The quantitative estimate of drug-likeness (QED) is 0.823. The van der Waals surface area contributed by atoms with E-state index in [1.54, 1.807) is 13.8 Å². The van der Waals surface area contributed by atoms with Crippen LogP contribution in [0.25, 0.3) is 0 Å². The topological polar surface area (TPSA) is 98.5 Å². The number of amidine groups is 1. The minimum atomic E-state index is -3.58. The molecule has 5 nitrogen and oxygen atoms in total. The zero-order valence-electron chi connectivity index (χ0n) is 13.3. The van der Waals surface area contributed by atoms with Gasteiger partial charge in [0.1, 0.15) is 21.9 Å². The van der Waals surface area contributed by atoms with Gasteiger partial charge in [-0.2, -0.15) is 0 Å². The fourth-order valence-electron chi connectivity index (χ4n) is 3.30. The second-order valence-electron chi connectivity index (χ2n) is 7.15. The first-order valence-corrected chi connectivity index (χ1v) is 9.36. The van der Waals surface area contributed by atoms with Crippen LogP contribution < -0.4 is 11.5 Å². The summed E-state index contributed by atoms with van der Waals surface area (Å²) in [6.45, 7) is 3.22. The molecule has 0 spiro atoms. The van der Waals surface area contributed by atoms with E-state index in [2.05, 4.69) is 4.99 Å². The van der Waals surface area contributed by atoms with Crippen molar-refractivity contribution in [3.63, 3.8) is 0 Å². The van der Waals surface area contributed by atoms with E-state index in [0.717, 1.165) is 12.8 Å². The van der Waals surface area contributed by atoms with Crippen molar-refractivity contribution in [3.05, 3.63) is 29.6 Å². The summed E-state index contributed by atoms with van der Waals surface area (Å²) in [5.74, 6) is -0.346. The lowest BCUT2D eigenvalue weighted by molar-refractivity contribution is 0.462. The number of nitrogens with zero attached hydrogens (tertiary/aromatic N) is 1. The van der Waals surface area contributed by atoms with Crippen molar-refractivity contribution in [2.24, 2.45) is 16.6 Å². The number of nitrogen functional groups attached to an aromatic ring is 1. The largest absolute Gasteiger partial charge is 0.399 e. The first kappa shape index (κ1) is 16.2. The van der Waals surface area contributed by atoms with Gasteiger partial charge in [-0.25, -0.2) is 12.8 Å². The van der Waals surface area contributed by atoms with Crippen LogP contribution in [0.15, 0.2) is 23.2 Å². The number of anilines is 1. The summed E-state index contributed by atoms with van der Waals surface area (Å²) >= 11 is 0. The zero-order valence-corrected chi connectivity index (χ0v) is 14.2. The summed E-state index contributed by atoms with van der Waals surface area (Å²) in [4.78, 5) is 4.44. The van der Waals surface area contributed by atoms with Crippen LogP contribution in [0.1, 0.15) is 38.7 Å². The molecule has 2 unspecified atom stereocenters. The Morgan fingerprint density at radius 2 is 1.96 bits per heavy atom. The molecule has 1 aliphatic heterocycles. The number of sulfone groups is 1. The Kier molecular flexibility index (Phi) is 3.48. The maximum Gasteiger partial charge on any atom is 0.165 e.